The van der Waals surface area contributed by atoms with Crippen LogP contribution < -0.4 is 11.1 Å². The van der Waals surface area contributed by atoms with Crippen molar-refractivity contribution in [2.75, 3.05) is 18.6 Å². The molecule has 0 saturated carbocycles. The minimum absolute atomic E-state index is 0.0919. The molecule has 0 spiro atoms. The van der Waals surface area contributed by atoms with Crippen molar-refractivity contribution in [1.82, 2.24) is 5.32 Å². The summed E-state index contributed by atoms with van der Waals surface area (Å²) in [7, 11) is -2.93. The lowest BCUT2D eigenvalue weighted by Crippen LogP contribution is -2.40. The Kier molecular flexibility index (Phi) is 5.71. The Morgan fingerprint density at radius 3 is 2.50 bits per heavy atom. The number of rotatable bonds is 6. The molecule has 0 aromatic heterocycles. The van der Waals surface area contributed by atoms with Crippen molar-refractivity contribution in [3.63, 3.8) is 0 Å². The van der Waals surface area contributed by atoms with Crippen LogP contribution in [0, 0.1) is 0 Å². The Labute approximate surface area is 85.0 Å². The third kappa shape index (κ3) is 6.85. The number of sulfone groups is 1. The van der Waals surface area contributed by atoms with Gasteiger partial charge in [-0.05, 0) is 12.8 Å². The molecule has 0 aliphatic heterocycles. The van der Waals surface area contributed by atoms with Crippen LogP contribution in [0.3, 0.4) is 0 Å². The molecule has 14 heavy (non-hydrogen) atoms. The van der Waals surface area contributed by atoms with E-state index in [9.17, 15) is 13.2 Å². The second-order valence-electron chi connectivity index (χ2n) is 3.29. The molecule has 1 atom stereocenters. The molecule has 0 rings (SSSR count). The van der Waals surface area contributed by atoms with Gasteiger partial charge in [0, 0.05) is 12.8 Å². The summed E-state index contributed by atoms with van der Waals surface area (Å²) in [6.45, 7) is 2.18. The molecule has 6 heteroatoms. The fraction of sp³-hybridized carbons (Fsp3) is 0.875. The smallest absolute Gasteiger partial charge is 0.236 e. The standard InChI is InChI=1S/C8H18N2O3S/c1-3-7(9)8(11)10-5-4-6-14(2,12)13/h7H,3-6,9H2,1-2H3,(H,10,11). The van der Waals surface area contributed by atoms with Gasteiger partial charge in [0.15, 0.2) is 0 Å². The summed E-state index contributed by atoms with van der Waals surface area (Å²) in [6.07, 6.45) is 2.19. The number of hydrogen-bond donors (Lipinski definition) is 2. The average Bonchev–Trinajstić information content (AvgIpc) is 2.09. The summed E-state index contributed by atoms with van der Waals surface area (Å²) < 4.78 is 21.5. The molecule has 1 unspecified atom stereocenters. The highest BCUT2D eigenvalue weighted by molar-refractivity contribution is 7.90. The number of carbonyl (C=O) groups excluding carboxylic acids is 1. The van der Waals surface area contributed by atoms with Crippen molar-refractivity contribution in [2.45, 2.75) is 25.8 Å². The van der Waals surface area contributed by atoms with Crippen LogP contribution in [0.2, 0.25) is 0 Å². The molecule has 1 amide bonds. The number of carbonyl (C=O) groups is 1. The molecule has 0 aromatic rings. The number of nitrogens with two attached hydrogens (primary N) is 1. The molecule has 0 aliphatic rings. The molecule has 0 aliphatic carbocycles. The van der Waals surface area contributed by atoms with Gasteiger partial charge < -0.3 is 11.1 Å². The van der Waals surface area contributed by atoms with Crippen LogP contribution >= 0.6 is 0 Å². The molecule has 0 saturated heterocycles. The third-order valence-electron chi connectivity index (χ3n) is 1.77. The lowest BCUT2D eigenvalue weighted by Gasteiger charge is -2.09. The zero-order valence-electron chi connectivity index (χ0n) is 8.62. The zero-order chi connectivity index (χ0) is 11.2. The maximum atomic E-state index is 11.1. The van der Waals surface area contributed by atoms with Gasteiger partial charge in [-0.15, -0.1) is 0 Å². The first-order valence-corrected chi connectivity index (χ1v) is 6.64. The van der Waals surface area contributed by atoms with Gasteiger partial charge >= 0.3 is 0 Å². The molecule has 0 bridgehead atoms. The van der Waals surface area contributed by atoms with E-state index in [1.165, 1.54) is 6.26 Å². The highest BCUT2D eigenvalue weighted by Gasteiger charge is 2.09. The van der Waals surface area contributed by atoms with Crippen molar-refractivity contribution < 1.29 is 13.2 Å². The Balaban J connectivity index is 3.61. The summed E-state index contributed by atoms with van der Waals surface area (Å²) in [5.41, 5.74) is 5.45. The SMILES string of the molecule is CCC(N)C(=O)NCCCS(C)(=O)=O. The second kappa shape index (κ2) is 5.98. The third-order valence-corrected chi connectivity index (χ3v) is 2.80. The predicted molar refractivity (Wildman–Crippen MR) is 55.6 cm³/mol. The van der Waals surface area contributed by atoms with E-state index in [0.29, 0.717) is 19.4 Å². The summed E-state index contributed by atoms with van der Waals surface area (Å²) in [5, 5.41) is 2.58. The van der Waals surface area contributed by atoms with E-state index >= 15 is 0 Å². The van der Waals surface area contributed by atoms with E-state index < -0.39 is 15.9 Å². The van der Waals surface area contributed by atoms with E-state index in [-0.39, 0.29) is 11.7 Å². The highest BCUT2D eigenvalue weighted by atomic mass is 32.2. The van der Waals surface area contributed by atoms with Gasteiger partial charge in [0.1, 0.15) is 9.84 Å². The molecule has 0 aromatic carbocycles. The molecule has 3 N–H and O–H groups in total. The first-order valence-electron chi connectivity index (χ1n) is 4.58. The minimum atomic E-state index is -2.93. The maximum absolute atomic E-state index is 11.1. The van der Waals surface area contributed by atoms with Gasteiger partial charge in [-0.1, -0.05) is 6.92 Å². The largest absolute Gasteiger partial charge is 0.355 e. The van der Waals surface area contributed by atoms with Gasteiger partial charge in [-0.2, -0.15) is 0 Å². The summed E-state index contributed by atoms with van der Waals surface area (Å²) in [5.74, 6) is -0.129. The van der Waals surface area contributed by atoms with Crippen LogP contribution in [0.5, 0.6) is 0 Å². The van der Waals surface area contributed by atoms with Gasteiger partial charge in [-0.25, -0.2) is 8.42 Å². The first kappa shape index (κ1) is 13.4. The van der Waals surface area contributed by atoms with Crippen molar-refractivity contribution in [3.8, 4) is 0 Å². The summed E-state index contributed by atoms with van der Waals surface area (Å²) in [4.78, 5) is 11.1. The van der Waals surface area contributed by atoms with Crippen LogP contribution in [0.1, 0.15) is 19.8 Å². The van der Waals surface area contributed by atoms with Crippen LogP contribution in [-0.4, -0.2) is 38.9 Å². The van der Waals surface area contributed by atoms with Crippen molar-refractivity contribution >= 4 is 15.7 Å². The van der Waals surface area contributed by atoms with Crippen LogP contribution in [0.25, 0.3) is 0 Å². The Bertz CT molecular complexity index is 274. The van der Waals surface area contributed by atoms with Gasteiger partial charge in [0.05, 0.1) is 11.8 Å². The fourth-order valence-electron chi connectivity index (χ4n) is 0.862. The lowest BCUT2D eigenvalue weighted by molar-refractivity contribution is -0.122. The van der Waals surface area contributed by atoms with Gasteiger partial charge in [-0.3, -0.25) is 4.79 Å². The quantitative estimate of drug-likeness (QED) is 0.580. The lowest BCUT2D eigenvalue weighted by atomic mass is 10.2. The van der Waals surface area contributed by atoms with Gasteiger partial charge in [0.2, 0.25) is 5.91 Å². The van der Waals surface area contributed by atoms with E-state index in [0.717, 1.165) is 0 Å². The molecule has 0 heterocycles. The van der Waals surface area contributed by atoms with E-state index in [4.69, 9.17) is 5.73 Å². The molecular formula is C8H18N2O3S. The Hall–Kier alpha value is -0.620. The van der Waals surface area contributed by atoms with Crippen molar-refractivity contribution in [2.24, 2.45) is 5.73 Å². The van der Waals surface area contributed by atoms with Crippen molar-refractivity contribution in [3.05, 3.63) is 0 Å². The van der Waals surface area contributed by atoms with Crippen molar-refractivity contribution in [1.29, 1.82) is 0 Å². The highest BCUT2D eigenvalue weighted by Crippen LogP contribution is 1.89. The minimum Gasteiger partial charge on any atom is -0.355 e. The molecular weight excluding hydrogens is 204 g/mol. The average molecular weight is 222 g/mol. The predicted octanol–water partition coefficient (Wildman–Crippen LogP) is -0.725. The molecule has 0 fully saturated rings. The van der Waals surface area contributed by atoms with E-state index in [2.05, 4.69) is 5.32 Å². The Morgan fingerprint density at radius 2 is 2.07 bits per heavy atom. The second-order valence-corrected chi connectivity index (χ2v) is 5.55. The molecule has 5 nitrogen and oxygen atoms in total. The first-order chi connectivity index (χ1) is 6.37. The molecule has 0 radical (unpaired) electrons. The number of nitrogens with one attached hydrogen (secondary N) is 1. The molecule has 84 valence electrons. The normalized spacial score (nSPS) is 13.6. The Morgan fingerprint density at radius 1 is 1.50 bits per heavy atom. The van der Waals surface area contributed by atoms with E-state index in [1.807, 2.05) is 6.92 Å². The van der Waals surface area contributed by atoms with E-state index in [1.54, 1.807) is 0 Å². The maximum Gasteiger partial charge on any atom is 0.236 e. The van der Waals surface area contributed by atoms with Crippen LogP contribution in [-0.2, 0) is 14.6 Å². The van der Waals surface area contributed by atoms with Crippen LogP contribution in [0.15, 0.2) is 0 Å². The number of hydrogen-bond acceptors (Lipinski definition) is 4. The topological polar surface area (TPSA) is 89.3 Å². The van der Waals surface area contributed by atoms with Gasteiger partial charge in [0.25, 0.3) is 0 Å². The monoisotopic (exact) mass is 222 g/mol. The summed E-state index contributed by atoms with van der Waals surface area (Å²) >= 11 is 0. The number of amides is 1. The fourth-order valence-corrected chi connectivity index (χ4v) is 1.53. The van der Waals surface area contributed by atoms with Crippen LogP contribution in [0.4, 0.5) is 0 Å². The zero-order valence-corrected chi connectivity index (χ0v) is 9.43. The summed E-state index contributed by atoms with van der Waals surface area (Å²) in [6, 6.07) is -0.492.